The standard InChI is InChI=1S/C29H36ClF3N6O2S.CH5NO/c1-36-13-4-8-26-23(20-36)27(21-9-11-22(12-10-21)29(31,32)33)34-39(26)15-5-14-37-16-18-38(19-17-37)28-24(30)6-3-7-25(28)35-42(2,40)41;2-1-3/h3,6-7,9-12,35H,4-5,8,13-20H2,1-2H3;3H,1-2H2. The number of hydrogen-bond acceptors (Lipinski definition) is 8. The molecule has 0 bridgehead atoms. The highest BCUT2D eigenvalue weighted by atomic mass is 35.5. The molecule has 0 amide bonds. The number of aliphatic hydroxyl groups is 1. The molecule has 0 atom stereocenters. The van der Waals surface area contributed by atoms with Crippen molar-refractivity contribution in [3.8, 4) is 11.3 Å². The number of nitrogens with zero attached hydrogens (tertiary/aromatic N) is 5. The molecule has 248 valence electrons. The highest BCUT2D eigenvalue weighted by Crippen LogP contribution is 2.36. The summed E-state index contributed by atoms with van der Waals surface area (Å²) in [5, 5.41) is 12.8. The number of halogens is 4. The predicted molar refractivity (Wildman–Crippen MR) is 172 cm³/mol. The van der Waals surface area contributed by atoms with Crippen LogP contribution < -0.4 is 15.4 Å². The Balaban J connectivity index is 0.00000148. The molecule has 45 heavy (non-hydrogen) atoms. The number of aliphatic hydroxyl groups excluding tert-OH is 1. The third-order valence-corrected chi connectivity index (χ3v) is 8.74. The van der Waals surface area contributed by atoms with Gasteiger partial charge in [0.15, 0.2) is 0 Å². The van der Waals surface area contributed by atoms with Gasteiger partial charge in [0.1, 0.15) is 0 Å². The van der Waals surface area contributed by atoms with Gasteiger partial charge in [-0.1, -0.05) is 29.8 Å². The van der Waals surface area contributed by atoms with E-state index in [0.717, 1.165) is 81.6 Å². The molecule has 0 radical (unpaired) electrons. The number of rotatable bonds is 8. The Kier molecular flexibility index (Phi) is 11.8. The zero-order valence-electron chi connectivity index (χ0n) is 25.5. The molecule has 0 unspecified atom stereocenters. The average Bonchev–Trinajstić information content (AvgIpc) is 3.16. The van der Waals surface area contributed by atoms with Crippen LogP contribution in [0.1, 0.15) is 29.7 Å². The minimum Gasteiger partial charge on any atom is -0.382 e. The SMILES string of the molecule is CN1CCCc2c(c(-c3ccc(C(F)(F)F)cc3)nn2CCCN2CCN(c3c(Cl)cccc3NS(C)(=O)=O)CC2)C1.NCO. The molecule has 5 rings (SSSR count). The number of piperazine rings is 1. The summed E-state index contributed by atoms with van der Waals surface area (Å²) in [6.07, 6.45) is -0.485. The van der Waals surface area contributed by atoms with E-state index in [1.54, 1.807) is 18.2 Å². The fraction of sp³-hybridized carbons (Fsp3) is 0.500. The average molecular weight is 672 g/mol. The topological polar surface area (TPSA) is 120 Å². The van der Waals surface area contributed by atoms with Gasteiger partial charge in [0.05, 0.1) is 40.6 Å². The van der Waals surface area contributed by atoms with Gasteiger partial charge in [-0.15, -0.1) is 0 Å². The van der Waals surface area contributed by atoms with Gasteiger partial charge in [-0.05, 0) is 57.1 Å². The summed E-state index contributed by atoms with van der Waals surface area (Å²) in [7, 11) is -1.38. The lowest BCUT2D eigenvalue weighted by atomic mass is 10.0. The molecule has 3 heterocycles. The zero-order valence-corrected chi connectivity index (χ0v) is 27.1. The zero-order chi connectivity index (χ0) is 32.8. The molecule has 10 nitrogen and oxygen atoms in total. The molecule has 1 fully saturated rings. The van der Waals surface area contributed by atoms with Crippen LogP contribution in [0.2, 0.25) is 5.02 Å². The van der Waals surface area contributed by atoms with Gasteiger partial charge in [0, 0.05) is 62.6 Å². The van der Waals surface area contributed by atoms with Gasteiger partial charge >= 0.3 is 6.18 Å². The van der Waals surface area contributed by atoms with E-state index < -0.39 is 21.8 Å². The van der Waals surface area contributed by atoms with E-state index in [9.17, 15) is 21.6 Å². The second-order valence-electron chi connectivity index (χ2n) is 11.3. The lowest BCUT2D eigenvalue weighted by Gasteiger charge is -2.37. The second-order valence-corrected chi connectivity index (χ2v) is 13.4. The van der Waals surface area contributed by atoms with Crippen molar-refractivity contribution in [1.82, 2.24) is 19.6 Å². The molecule has 0 spiro atoms. The lowest BCUT2D eigenvalue weighted by molar-refractivity contribution is -0.137. The summed E-state index contributed by atoms with van der Waals surface area (Å²) in [5.41, 5.74) is 8.65. The van der Waals surface area contributed by atoms with E-state index in [0.29, 0.717) is 41.6 Å². The molecule has 0 aliphatic carbocycles. The van der Waals surface area contributed by atoms with Crippen LogP contribution in [0.25, 0.3) is 11.3 Å². The van der Waals surface area contributed by atoms with Crippen molar-refractivity contribution in [2.45, 2.75) is 38.5 Å². The number of nitrogens with two attached hydrogens (primary N) is 1. The molecule has 1 aromatic heterocycles. The number of aromatic nitrogens is 2. The first kappa shape index (κ1) is 35.0. The van der Waals surface area contributed by atoms with Crippen molar-refractivity contribution in [1.29, 1.82) is 0 Å². The molecule has 1 saturated heterocycles. The normalized spacial score (nSPS) is 16.5. The minimum atomic E-state index is -4.37. The summed E-state index contributed by atoms with van der Waals surface area (Å²) in [6.45, 7) is 6.05. The Morgan fingerprint density at radius 1 is 1.04 bits per heavy atom. The number of para-hydroxylation sites is 1. The summed E-state index contributed by atoms with van der Waals surface area (Å²) in [4.78, 5) is 6.73. The van der Waals surface area contributed by atoms with Crippen molar-refractivity contribution in [2.75, 3.05) is 68.9 Å². The Labute approximate surface area is 267 Å². The Morgan fingerprint density at radius 2 is 1.71 bits per heavy atom. The molecule has 4 N–H and O–H groups in total. The second kappa shape index (κ2) is 15.1. The monoisotopic (exact) mass is 671 g/mol. The molecule has 15 heteroatoms. The fourth-order valence-corrected chi connectivity index (χ4v) is 6.70. The van der Waals surface area contributed by atoms with Crippen molar-refractivity contribution >= 4 is 33.0 Å². The van der Waals surface area contributed by atoms with Crippen LogP contribution in [-0.2, 0) is 35.7 Å². The predicted octanol–water partition coefficient (Wildman–Crippen LogP) is 4.08. The van der Waals surface area contributed by atoms with Crippen molar-refractivity contribution in [3.63, 3.8) is 0 Å². The summed E-state index contributed by atoms with van der Waals surface area (Å²) in [5.74, 6) is 0. The van der Waals surface area contributed by atoms with Gasteiger partial charge in [0.2, 0.25) is 10.0 Å². The quantitative estimate of drug-likeness (QED) is 0.307. The van der Waals surface area contributed by atoms with Gasteiger partial charge in [-0.3, -0.25) is 14.3 Å². The number of anilines is 2. The first-order valence-corrected chi connectivity index (χ1v) is 17.1. The Hall–Kier alpha value is -2.88. The smallest absolute Gasteiger partial charge is 0.382 e. The van der Waals surface area contributed by atoms with E-state index in [1.165, 1.54) is 17.8 Å². The van der Waals surface area contributed by atoms with Gasteiger partial charge in [0.25, 0.3) is 0 Å². The summed E-state index contributed by atoms with van der Waals surface area (Å²) in [6, 6.07) is 10.5. The van der Waals surface area contributed by atoms with E-state index in [2.05, 4.69) is 36.9 Å². The van der Waals surface area contributed by atoms with Crippen molar-refractivity contribution < 1.29 is 26.7 Å². The van der Waals surface area contributed by atoms with Gasteiger partial charge in [-0.2, -0.15) is 18.3 Å². The molecule has 2 aliphatic rings. The van der Waals surface area contributed by atoms with E-state index in [-0.39, 0.29) is 6.73 Å². The van der Waals surface area contributed by atoms with Crippen LogP contribution in [0.3, 0.4) is 0 Å². The highest BCUT2D eigenvalue weighted by Gasteiger charge is 2.31. The molecule has 3 aromatic rings. The van der Waals surface area contributed by atoms with Crippen LogP contribution in [0, 0.1) is 0 Å². The number of hydrogen-bond donors (Lipinski definition) is 3. The molecular weight excluding hydrogens is 631 g/mol. The van der Waals surface area contributed by atoms with Gasteiger partial charge < -0.3 is 20.6 Å². The van der Waals surface area contributed by atoms with Crippen molar-refractivity contribution in [3.05, 3.63) is 64.3 Å². The van der Waals surface area contributed by atoms with Crippen molar-refractivity contribution in [2.24, 2.45) is 5.73 Å². The molecule has 2 aromatic carbocycles. The first-order valence-electron chi connectivity index (χ1n) is 14.8. The van der Waals surface area contributed by atoms with E-state index in [4.69, 9.17) is 21.8 Å². The third kappa shape index (κ3) is 9.33. The maximum absolute atomic E-state index is 13.1. The van der Waals surface area contributed by atoms with Gasteiger partial charge in [-0.25, -0.2) is 8.42 Å². The summed E-state index contributed by atoms with van der Waals surface area (Å²) >= 11 is 6.48. The molecular formula is C30H41ClF3N7O3S. The maximum atomic E-state index is 13.1. The molecule has 2 aliphatic heterocycles. The maximum Gasteiger partial charge on any atom is 0.416 e. The Morgan fingerprint density at radius 3 is 2.33 bits per heavy atom. The largest absolute Gasteiger partial charge is 0.416 e. The number of sulfonamides is 1. The van der Waals surface area contributed by atoms with Crippen LogP contribution in [0.5, 0.6) is 0 Å². The third-order valence-electron chi connectivity index (χ3n) is 7.85. The fourth-order valence-electron chi connectivity index (χ4n) is 5.84. The summed E-state index contributed by atoms with van der Waals surface area (Å²) < 4.78 is 67.8. The van der Waals surface area contributed by atoms with Crippen LogP contribution in [0.4, 0.5) is 24.5 Å². The minimum absolute atomic E-state index is 0.250. The number of fused-ring (bicyclic) bond motifs is 1. The number of aryl methyl sites for hydroxylation is 1. The number of benzene rings is 2. The number of alkyl halides is 3. The Bertz CT molecular complexity index is 1530. The van der Waals surface area contributed by atoms with Crippen LogP contribution in [-0.4, -0.2) is 92.4 Å². The lowest BCUT2D eigenvalue weighted by Crippen LogP contribution is -2.47. The first-order chi connectivity index (χ1) is 21.3. The van der Waals surface area contributed by atoms with Crippen LogP contribution in [0.15, 0.2) is 42.5 Å². The highest BCUT2D eigenvalue weighted by molar-refractivity contribution is 7.92. The number of nitrogens with one attached hydrogen (secondary N) is 1. The van der Waals surface area contributed by atoms with E-state index >= 15 is 0 Å². The molecule has 0 saturated carbocycles. The van der Waals surface area contributed by atoms with E-state index in [1.807, 2.05) is 0 Å². The van der Waals surface area contributed by atoms with Crippen LogP contribution >= 0.6 is 11.6 Å².